The normalized spacial score (nSPS) is 33.0. The van der Waals surface area contributed by atoms with Crippen LogP contribution < -0.4 is 4.90 Å². The van der Waals surface area contributed by atoms with E-state index in [0.29, 0.717) is 5.69 Å². The van der Waals surface area contributed by atoms with Gasteiger partial charge in [-0.2, -0.15) is 0 Å². The van der Waals surface area contributed by atoms with Crippen molar-refractivity contribution in [1.82, 2.24) is 0 Å². The molecule has 0 saturated carbocycles. The molecule has 4 heteroatoms. The minimum atomic E-state index is -0.273. The number of ether oxygens (including phenoxy) is 1. The lowest BCUT2D eigenvalue weighted by Gasteiger charge is -2.19. The summed E-state index contributed by atoms with van der Waals surface area (Å²) >= 11 is 0. The molecule has 2 aromatic rings. The van der Waals surface area contributed by atoms with E-state index in [1.807, 2.05) is 42.5 Å². The van der Waals surface area contributed by atoms with Crippen molar-refractivity contribution in [2.75, 3.05) is 4.90 Å². The van der Waals surface area contributed by atoms with Crippen molar-refractivity contribution in [1.29, 1.82) is 0 Å². The van der Waals surface area contributed by atoms with Crippen molar-refractivity contribution in [2.24, 2.45) is 11.8 Å². The molecule has 3 aliphatic heterocycles. The highest BCUT2D eigenvalue weighted by Crippen LogP contribution is 2.49. The summed E-state index contributed by atoms with van der Waals surface area (Å²) in [5.74, 6) is -0.715. The van der Waals surface area contributed by atoms with E-state index in [1.54, 1.807) is 0 Å². The monoisotopic (exact) mass is 293 g/mol. The van der Waals surface area contributed by atoms with E-state index in [0.717, 1.165) is 23.6 Å². The molecule has 3 saturated heterocycles. The fraction of sp³-hybridized carbons (Fsp3) is 0.333. The minimum absolute atomic E-state index is 0.0635. The zero-order valence-corrected chi connectivity index (χ0v) is 11.9. The van der Waals surface area contributed by atoms with E-state index in [1.165, 1.54) is 4.90 Å². The van der Waals surface area contributed by atoms with Crippen molar-refractivity contribution in [2.45, 2.75) is 25.0 Å². The van der Waals surface area contributed by atoms with Crippen molar-refractivity contribution in [3.05, 3.63) is 42.5 Å². The standard InChI is InChI=1S/C18H15NO3/c20-17-15-13-8-9-14(22-13)16(15)18(21)19(17)12-7-3-5-10-4-1-2-6-11(10)12/h1-7,13-16H,8-9H2/t13-,14+,15-,16-/m0/s1. The predicted octanol–water partition coefficient (Wildman–Crippen LogP) is 2.51. The van der Waals surface area contributed by atoms with Crippen molar-refractivity contribution in [3.8, 4) is 0 Å². The molecule has 3 fully saturated rings. The molecule has 3 aliphatic rings. The predicted molar refractivity (Wildman–Crippen MR) is 81.3 cm³/mol. The Labute approximate surface area is 127 Å². The number of carbonyl (C=O) groups excluding carboxylic acids is 2. The molecule has 3 heterocycles. The second kappa shape index (κ2) is 4.17. The number of benzene rings is 2. The van der Waals surface area contributed by atoms with Gasteiger partial charge in [0.05, 0.1) is 29.7 Å². The molecule has 5 rings (SSSR count). The highest BCUT2D eigenvalue weighted by atomic mass is 16.5. The number of rotatable bonds is 1. The zero-order chi connectivity index (χ0) is 14.8. The van der Waals surface area contributed by atoms with Crippen molar-refractivity contribution < 1.29 is 14.3 Å². The Kier molecular flexibility index (Phi) is 2.34. The summed E-state index contributed by atoms with van der Waals surface area (Å²) in [6.45, 7) is 0. The molecule has 2 amide bonds. The van der Waals surface area contributed by atoms with Gasteiger partial charge in [0.15, 0.2) is 0 Å². The summed E-state index contributed by atoms with van der Waals surface area (Å²) < 4.78 is 5.78. The largest absolute Gasteiger partial charge is 0.373 e. The van der Waals surface area contributed by atoms with Crippen LogP contribution >= 0.6 is 0 Å². The number of carbonyl (C=O) groups is 2. The van der Waals surface area contributed by atoms with E-state index in [-0.39, 0.29) is 35.9 Å². The number of fused-ring (bicyclic) bond motifs is 6. The fourth-order valence-corrected chi connectivity index (χ4v) is 4.35. The van der Waals surface area contributed by atoms with Crippen LogP contribution in [0.3, 0.4) is 0 Å². The Morgan fingerprint density at radius 3 is 2.23 bits per heavy atom. The average Bonchev–Trinajstić information content (AvgIpc) is 3.21. The van der Waals surface area contributed by atoms with Crippen LogP contribution in [0.5, 0.6) is 0 Å². The molecule has 110 valence electrons. The second-order valence-corrected chi connectivity index (χ2v) is 6.35. The molecule has 2 aromatic carbocycles. The van der Waals surface area contributed by atoms with E-state index < -0.39 is 0 Å². The summed E-state index contributed by atoms with van der Waals surface area (Å²) in [5.41, 5.74) is 0.710. The van der Waals surface area contributed by atoms with Gasteiger partial charge >= 0.3 is 0 Å². The molecule has 2 bridgehead atoms. The Morgan fingerprint density at radius 2 is 1.50 bits per heavy atom. The first-order chi connectivity index (χ1) is 10.8. The molecule has 0 radical (unpaired) electrons. The minimum Gasteiger partial charge on any atom is -0.373 e. The van der Waals surface area contributed by atoms with Crippen LogP contribution in [0.15, 0.2) is 42.5 Å². The molecular formula is C18H15NO3. The van der Waals surface area contributed by atoms with Gasteiger partial charge in [-0.25, -0.2) is 4.90 Å². The SMILES string of the molecule is O=C1[C@@H]2[C@@H](C(=O)N1c1cccc3ccccc13)[C@H]1CC[C@@H]2O1. The van der Waals surface area contributed by atoms with Gasteiger partial charge in [0.2, 0.25) is 11.8 Å². The number of anilines is 1. The Hall–Kier alpha value is -2.20. The van der Waals surface area contributed by atoms with Gasteiger partial charge in [0.1, 0.15) is 0 Å². The van der Waals surface area contributed by atoms with Gasteiger partial charge in [-0.05, 0) is 24.3 Å². The second-order valence-electron chi connectivity index (χ2n) is 6.35. The lowest BCUT2D eigenvalue weighted by molar-refractivity contribution is -0.124. The Balaban J connectivity index is 1.66. The number of imide groups is 1. The van der Waals surface area contributed by atoms with Crippen LogP contribution in [0.1, 0.15) is 12.8 Å². The lowest BCUT2D eigenvalue weighted by atomic mass is 9.81. The number of nitrogens with zero attached hydrogens (tertiary/aromatic N) is 1. The van der Waals surface area contributed by atoms with Gasteiger partial charge in [0, 0.05) is 5.39 Å². The molecule has 0 aliphatic carbocycles. The highest BCUT2D eigenvalue weighted by Gasteiger charge is 2.62. The zero-order valence-electron chi connectivity index (χ0n) is 11.9. The van der Waals surface area contributed by atoms with Gasteiger partial charge in [-0.15, -0.1) is 0 Å². The maximum absolute atomic E-state index is 12.9. The first-order valence-corrected chi connectivity index (χ1v) is 7.77. The van der Waals surface area contributed by atoms with Gasteiger partial charge in [0.25, 0.3) is 0 Å². The van der Waals surface area contributed by atoms with E-state index in [9.17, 15) is 9.59 Å². The third-order valence-corrected chi connectivity index (χ3v) is 5.29. The maximum atomic E-state index is 12.9. The summed E-state index contributed by atoms with van der Waals surface area (Å²) in [4.78, 5) is 27.1. The van der Waals surface area contributed by atoms with Gasteiger partial charge < -0.3 is 4.74 Å². The first kappa shape index (κ1) is 12.4. The topological polar surface area (TPSA) is 46.6 Å². The van der Waals surface area contributed by atoms with E-state index in [2.05, 4.69) is 0 Å². The van der Waals surface area contributed by atoms with E-state index >= 15 is 0 Å². The molecule has 0 aromatic heterocycles. The number of hydrogen-bond donors (Lipinski definition) is 0. The van der Waals surface area contributed by atoms with Crippen molar-refractivity contribution >= 4 is 28.3 Å². The lowest BCUT2D eigenvalue weighted by Crippen LogP contribution is -2.34. The van der Waals surface area contributed by atoms with Crippen LogP contribution in [0.25, 0.3) is 10.8 Å². The smallest absolute Gasteiger partial charge is 0.240 e. The molecule has 22 heavy (non-hydrogen) atoms. The van der Waals surface area contributed by atoms with E-state index in [4.69, 9.17) is 4.74 Å². The molecule has 0 N–H and O–H groups in total. The third-order valence-electron chi connectivity index (χ3n) is 5.29. The summed E-state index contributed by atoms with van der Waals surface area (Å²) in [6, 6.07) is 13.6. The van der Waals surface area contributed by atoms with Crippen LogP contribution in [0.2, 0.25) is 0 Å². The molecule has 0 unspecified atom stereocenters. The molecule has 0 spiro atoms. The van der Waals surface area contributed by atoms with Crippen molar-refractivity contribution in [3.63, 3.8) is 0 Å². The van der Waals surface area contributed by atoms with Gasteiger partial charge in [-0.1, -0.05) is 36.4 Å². The number of hydrogen-bond acceptors (Lipinski definition) is 3. The Bertz CT molecular complexity index is 782. The summed E-state index contributed by atoms with van der Waals surface area (Å²) in [7, 11) is 0. The highest BCUT2D eigenvalue weighted by molar-refractivity contribution is 6.25. The average molecular weight is 293 g/mol. The first-order valence-electron chi connectivity index (χ1n) is 7.77. The van der Waals surface area contributed by atoms with Crippen LogP contribution in [0, 0.1) is 11.8 Å². The Morgan fingerprint density at radius 1 is 0.864 bits per heavy atom. The summed E-state index contributed by atoms with van der Waals surface area (Å²) in [5, 5.41) is 1.98. The third kappa shape index (κ3) is 1.40. The van der Waals surface area contributed by atoms with Crippen LogP contribution in [-0.2, 0) is 14.3 Å². The van der Waals surface area contributed by atoms with Crippen LogP contribution in [-0.4, -0.2) is 24.0 Å². The molecule has 4 nitrogen and oxygen atoms in total. The summed E-state index contributed by atoms with van der Waals surface area (Å²) in [6.07, 6.45) is 1.67. The fourth-order valence-electron chi connectivity index (χ4n) is 4.35. The maximum Gasteiger partial charge on any atom is 0.240 e. The van der Waals surface area contributed by atoms with Gasteiger partial charge in [-0.3, -0.25) is 9.59 Å². The molecule has 4 atom stereocenters. The molecular weight excluding hydrogens is 278 g/mol. The van der Waals surface area contributed by atoms with Crippen LogP contribution in [0.4, 0.5) is 5.69 Å². The quantitative estimate of drug-likeness (QED) is 0.759. The number of amides is 2.